The molecule has 0 aliphatic heterocycles. The topological polar surface area (TPSA) is 151 Å². The molecule has 2 aromatic rings. The monoisotopic (exact) mass is 444 g/mol. The number of carbonyl (C=O) groups excluding carboxylic acids is 4. The lowest BCUT2D eigenvalue weighted by Crippen LogP contribution is -2.44. The van der Waals surface area contributed by atoms with Crippen LogP contribution < -0.4 is 5.32 Å². The first-order valence-corrected chi connectivity index (χ1v) is 9.21. The van der Waals surface area contributed by atoms with Gasteiger partial charge in [0.25, 0.3) is 11.6 Å². The predicted octanol–water partition coefficient (Wildman–Crippen LogP) is 1.44. The molecular formula is C21H20N2O9. The number of ether oxygens (including phenoxy) is 3. The summed E-state index contributed by atoms with van der Waals surface area (Å²) in [6.45, 7) is -0.767. The molecule has 168 valence electrons. The Balaban J connectivity index is 2.07. The van der Waals surface area contributed by atoms with Crippen LogP contribution in [0, 0.1) is 10.1 Å². The summed E-state index contributed by atoms with van der Waals surface area (Å²) in [6, 6.07) is 10.8. The second kappa shape index (κ2) is 11.2. The smallest absolute Gasteiger partial charge is 0.338 e. The molecule has 0 aliphatic carbocycles. The summed E-state index contributed by atoms with van der Waals surface area (Å²) in [5.74, 6) is -3.44. The van der Waals surface area contributed by atoms with Crippen molar-refractivity contribution in [3.8, 4) is 0 Å². The lowest BCUT2D eigenvalue weighted by atomic mass is 10.1. The zero-order valence-corrected chi connectivity index (χ0v) is 17.2. The number of carbonyl (C=O) groups is 4. The van der Waals surface area contributed by atoms with E-state index in [-0.39, 0.29) is 17.5 Å². The first kappa shape index (κ1) is 24.0. The number of nitrogens with one attached hydrogen (secondary N) is 1. The second-order valence-electron chi connectivity index (χ2n) is 6.43. The average Bonchev–Trinajstić information content (AvgIpc) is 2.81. The van der Waals surface area contributed by atoms with E-state index < -0.39 is 47.1 Å². The van der Waals surface area contributed by atoms with Gasteiger partial charge in [0.15, 0.2) is 6.61 Å². The van der Waals surface area contributed by atoms with E-state index in [1.807, 2.05) is 0 Å². The summed E-state index contributed by atoms with van der Waals surface area (Å²) in [7, 11) is 2.25. The molecule has 0 radical (unpaired) electrons. The van der Waals surface area contributed by atoms with Crippen molar-refractivity contribution in [3.05, 3.63) is 75.3 Å². The van der Waals surface area contributed by atoms with Gasteiger partial charge in [-0.3, -0.25) is 14.9 Å². The number of non-ortho nitro benzene ring substituents is 1. The zero-order chi connectivity index (χ0) is 23.7. The van der Waals surface area contributed by atoms with Crippen LogP contribution in [0.15, 0.2) is 48.5 Å². The molecule has 0 heterocycles. The summed E-state index contributed by atoms with van der Waals surface area (Å²) in [6.07, 6.45) is 0.153. The molecule has 1 amide bonds. The van der Waals surface area contributed by atoms with Gasteiger partial charge in [0.1, 0.15) is 6.04 Å². The minimum atomic E-state index is -1.08. The Kier molecular flexibility index (Phi) is 8.40. The number of methoxy groups -OCH3 is 2. The fraction of sp³-hybridized carbons (Fsp3) is 0.238. The SMILES string of the molecule is COC(=O)c1cc(C(=O)OCC(=O)NC(Cc2ccccc2)C(=O)OC)cc([N+](=O)[O-])c1. The van der Waals surface area contributed by atoms with Crippen LogP contribution in [0.2, 0.25) is 0 Å². The minimum absolute atomic E-state index is 0.153. The fourth-order valence-corrected chi connectivity index (χ4v) is 2.71. The molecule has 0 bridgehead atoms. The summed E-state index contributed by atoms with van der Waals surface area (Å²) in [5.41, 5.74) is -0.307. The molecule has 11 heteroatoms. The molecule has 0 aromatic heterocycles. The van der Waals surface area contributed by atoms with Crippen molar-refractivity contribution in [2.45, 2.75) is 12.5 Å². The Hall–Kier alpha value is -4.28. The van der Waals surface area contributed by atoms with E-state index in [0.29, 0.717) is 0 Å². The van der Waals surface area contributed by atoms with Gasteiger partial charge in [-0.2, -0.15) is 0 Å². The van der Waals surface area contributed by atoms with E-state index in [4.69, 9.17) is 9.47 Å². The van der Waals surface area contributed by atoms with Crippen molar-refractivity contribution in [3.63, 3.8) is 0 Å². The summed E-state index contributed by atoms with van der Waals surface area (Å²) in [5, 5.41) is 13.5. The van der Waals surface area contributed by atoms with Gasteiger partial charge in [-0.15, -0.1) is 0 Å². The van der Waals surface area contributed by atoms with Crippen LogP contribution in [-0.4, -0.2) is 55.6 Å². The Morgan fingerprint density at radius 1 is 0.969 bits per heavy atom. The molecule has 11 nitrogen and oxygen atoms in total. The van der Waals surface area contributed by atoms with Gasteiger partial charge in [-0.25, -0.2) is 14.4 Å². The Morgan fingerprint density at radius 3 is 2.16 bits per heavy atom. The predicted molar refractivity (Wildman–Crippen MR) is 109 cm³/mol. The van der Waals surface area contributed by atoms with E-state index in [1.54, 1.807) is 30.3 Å². The van der Waals surface area contributed by atoms with E-state index in [1.165, 1.54) is 7.11 Å². The molecule has 0 aliphatic rings. The van der Waals surface area contributed by atoms with E-state index in [2.05, 4.69) is 10.1 Å². The largest absolute Gasteiger partial charge is 0.467 e. The van der Waals surface area contributed by atoms with Crippen LogP contribution in [0.5, 0.6) is 0 Å². The zero-order valence-electron chi connectivity index (χ0n) is 17.2. The second-order valence-corrected chi connectivity index (χ2v) is 6.43. The third kappa shape index (κ3) is 6.62. The molecule has 2 rings (SSSR count). The number of amides is 1. The number of esters is 3. The Bertz CT molecular complexity index is 1020. The highest BCUT2D eigenvalue weighted by molar-refractivity contribution is 5.97. The van der Waals surface area contributed by atoms with Gasteiger partial charge in [0.05, 0.1) is 30.3 Å². The van der Waals surface area contributed by atoms with Gasteiger partial charge >= 0.3 is 17.9 Å². The van der Waals surface area contributed by atoms with Crippen LogP contribution >= 0.6 is 0 Å². The van der Waals surface area contributed by atoms with Crippen LogP contribution in [0.1, 0.15) is 26.3 Å². The number of hydrogen-bond donors (Lipinski definition) is 1. The van der Waals surface area contributed by atoms with Crippen molar-refractivity contribution < 1.29 is 38.3 Å². The molecule has 0 fully saturated rings. The van der Waals surface area contributed by atoms with Crippen molar-refractivity contribution in [1.29, 1.82) is 0 Å². The van der Waals surface area contributed by atoms with Crippen molar-refractivity contribution in [2.24, 2.45) is 0 Å². The van der Waals surface area contributed by atoms with Gasteiger partial charge in [-0.05, 0) is 11.6 Å². The number of nitro benzene ring substituents is 1. The van der Waals surface area contributed by atoms with E-state index >= 15 is 0 Å². The molecule has 1 N–H and O–H groups in total. The average molecular weight is 444 g/mol. The van der Waals surface area contributed by atoms with Crippen LogP contribution in [0.25, 0.3) is 0 Å². The number of benzene rings is 2. The summed E-state index contributed by atoms with van der Waals surface area (Å²) >= 11 is 0. The quantitative estimate of drug-likeness (QED) is 0.262. The van der Waals surface area contributed by atoms with Gasteiger partial charge in [0, 0.05) is 18.6 Å². The Labute approximate surface area is 182 Å². The van der Waals surface area contributed by atoms with Crippen molar-refractivity contribution in [2.75, 3.05) is 20.8 Å². The lowest BCUT2D eigenvalue weighted by Gasteiger charge is -2.16. The highest BCUT2D eigenvalue weighted by Crippen LogP contribution is 2.19. The molecule has 0 saturated heterocycles. The van der Waals surface area contributed by atoms with Gasteiger partial charge in [0.2, 0.25) is 0 Å². The molecule has 1 atom stereocenters. The number of hydrogen-bond acceptors (Lipinski definition) is 9. The maximum atomic E-state index is 12.3. The molecule has 0 saturated carbocycles. The molecule has 0 spiro atoms. The first-order chi connectivity index (χ1) is 15.2. The third-order valence-corrected chi connectivity index (χ3v) is 4.22. The molecule has 32 heavy (non-hydrogen) atoms. The highest BCUT2D eigenvalue weighted by atomic mass is 16.6. The first-order valence-electron chi connectivity index (χ1n) is 9.21. The normalized spacial score (nSPS) is 11.1. The van der Waals surface area contributed by atoms with Crippen LogP contribution in [0.4, 0.5) is 5.69 Å². The molecule has 2 aromatic carbocycles. The highest BCUT2D eigenvalue weighted by Gasteiger charge is 2.24. The van der Waals surface area contributed by atoms with Crippen molar-refractivity contribution in [1.82, 2.24) is 5.32 Å². The maximum absolute atomic E-state index is 12.3. The number of nitro groups is 1. The minimum Gasteiger partial charge on any atom is -0.467 e. The molecule has 1 unspecified atom stereocenters. The van der Waals surface area contributed by atoms with Gasteiger partial charge in [-0.1, -0.05) is 30.3 Å². The summed E-state index contributed by atoms with van der Waals surface area (Å²) < 4.78 is 14.1. The van der Waals surface area contributed by atoms with E-state index in [9.17, 15) is 29.3 Å². The Morgan fingerprint density at radius 2 is 1.59 bits per heavy atom. The van der Waals surface area contributed by atoms with Crippen LogP contribution in [-0.2, 0) is 30.2 Å². The number of rotatable bonds is 9. The fourth-order valence-electron chi connectivity index (χ4n) is 2.71. The number of nitrogens with zero attached hydrogens (tertiary/aromatic N) is 1. The third-order valence-electron chi connectivity index (χ3n) is 4.22. The maximum Gasteiger partial charge on any atom is 0.338 e. The lowest BCUT2D eigenvalue weighted by molar-refractivity contribution is -0.384. The van der Waals surface area contributed by atoms with Crippen molar-refractivity contribution >= 4 is 29.5 Å². The standard InChI is InChI=1S/C21H20N2O9/c1-30-19(25)14-9-15(11-16(10-14)23(28)29)20(26)32-12-18(24)22-17(21(27)31-2)8-13-6-4-3-5-7-13/h3-7,9-11,17H,8,12H2,1-2H3,(H,22,24). The van der Waals surface area contributed by atoms with Crippen LogP contribution in [0.3, 0.4) is 0 Å². The molecular weight excluding hydrogens is 424 g/mol. The van der Waals surface area contributed by atoms with E-state index in [0.717, 1.165) is 30.9 Å². The summed E-state index contributed by atoms with van der Waals surface area (Å²) in [4.78, 5) is 58.5. The van der Waals surface area contributed by atoms with Gasteiger partial charge < -0.3 is 19.5 Å².